The van der Waals surface area contributed by atoms with E-state index in [2.05, 4.69) is 5.32 Å². The fraction of sp³-hybridized carbons (Fsp3) is 0.562. The van der Waals surface area contributed by atoms with Gasteiger partial charge in [-0.05, 0) is 51.8 Å². The van der Waals surface area contributed by atoms with Gasteiger partial charge in [0.25, 0.3) is 0 Å². The van der Waals surface area contributed by atoms with E-state index in [-0.39, 0.29) is 18.1 Å². The number of ether oxygens (including phenoxy) is 1. The Morgan fingerprint density at radius 3 is 2.76 bits per heavy atom. The molecule has 1 aliphatic rings. The Hall–Kier alpha value is -1.26. The summed E-state index contributed by atoms with van der Waals surface area (Å²) in [6, 6.07) is 5.19. The van der Waals surface area contributed by atoms with Crippen molar-refractivity contribution in [1.82, 2.24) is 0 Å². The Balaban J connectivity index is 2.10. The molecule has 21 heavy (non-hydrogen) atoms. The minimum absolute atomic E-state index is 0.0407. The van der Waals surface area contributed by atoms with Crippen LogP contribution in [0.3, 0.4) is 0 Å². The van der Waals surface area contributed by atoms with Gasteiger partial charge in [0.1, 0.15) is 5.75 Å². The zero-order valence-electron chi connectivity index (χ0n) is 12.8. The summed E-state index contributed by atoms with van der Waals surface area (Å²) in [4.78, 5) is 12.5. The van der Waals surface area contributed by atoms with Crippen LogP contribution in [-0.2, 0) is 4.79 Å². The van der Waals surface area contributed by atoms with Crippen molar-refractivity contribution in [3.8, 4) is 5.75 Å². The fourth-order valence-corrected chi connectivity index (χ4v) is 2.90. The summed E-state index contributed by atoms with van der Waals surface area (Å²) in [6.45, 7) is 5.81. The van der Waals surface area contributed by atoms with Crippen molar-refractivity contribution in [3.05, 3.63) is 23.2 Å². The van der Waals surface area contributed by atoms with Crippen LogP contribution in [0.4, 0.5) is 5.69 Å². The SMILES string of the molecule is CC(C)Oc1ccc(NC(=O)C2(C)CCCC2N)cc1Cl. The van der Waals surface area contributed by atoms with E-state index in [1.54, 1.807) is 18.2 Å². The second-order valence-electron chi connectivity index (χ2n) is 6.18. The van der Waals surface area contributed by atoms with Crippen LogP contribution in [0.25, 0.3) is 0 Å². The number of nitrogens with one attached hydrogen (secondary N) is 1. The summed E-state index contributed by atoms with van der Waals surface area (Å²) in [5.74, 6) is 0.578. The number of anilines is 1. The van der Waals surface area contributed by atoms with Crippen LogP contribution < -0.4 is 15.8 Å². The first-order valence-electron chi connectivity index (χ1n) is 7.36. The van der Waals surface area contributed by atoms with E-state index in [0.717, 1.165) is 19.3 Å². The number of nitrogens with two attached hydrogens (primary N) is 1. The minimum atomic E-state index is -0.500. The molecule has 116 valence electrons. The molecule has 2 unspecified atom stereocenters. The van der Waals surface area contributed by atoms with Gasteiger partial charge in [0, 0.05) is 11.7 Å². The van der Waals surface area contributed by atoms with Crippen molar-refractivity contribution in [2.24, 2.45) is 11.1 Å². The molecule has 0 radical (unpaired) electrons. The van der Waals surface area contributed by atoms with Gasteiger partial charge < -0.3 is 15.8 Å². The first-order valence-corrected chi connectivity index (χ1v) is 7.74. The number of carbonyl (C=O) groups is 1. The Bertz CT molecular complexity index is 533. The van der Waals surface area contributed by atoms with E-state index in [9.17, 15) is 4.79 Å². The molecule has 0 spiro atoms. The molecule has 4 nitrogen and oxygen atoms in total. The summed E-state index contributed by atoms with van der Waals surface area (Å²) in [6.07, 6.45) is 2.76. The predicted molar refractivity (Wildman–Crippen MR) is 85.8 cm³/mol. The van der Waals surface area contributed by atoms with Crippen LogP contribution in [0.5, 0.6) is 5.75 Å². The van der Waals surface area contributed by atoms with Gasteiger partial charge in [-0.3, -0.25) is 4.79 Å². The molecule has 2 rings (SSSR count). The number of benzene rings is 1. The molecular weight excluding hydrogens is 288 g/mol. The number of hydrogen-bond donors (Lipinski definition) is 2. The third kappa shape index (κ3) is 3.50. The average Bonchev–Trinajstić information content (AvgIpc) is 2.74. The quantitative estimate of drug-likeness (QED) is 0.893. The van der Waals surface area contributed by atoms with Crippen LogP contribution in [0, 0.1) is 5.41 Å². The molecule has 3 N–H and O–H groups in total. The number of halogens is 1. The highest BCUT2D eigenvalue weighted by molar-refractivity contribution is 6.32. The van der Waals surface area contributed by atoms with Gasteiger partial charge in [-0.15, -0.1) is 0 Å². The molecule has 0 bridgehead atoms. The molecular formula is C16H23ClN2O2. The normalized spacial score (nSPS) is 25.1. The molecule has 1 fully saturated rings. The van der Waals surface area contributed by atoms with E-state index in [4.69, 9.17) is 22.1 Å². The maximum absolute atomic E-state index is 12.5. The molecule has 1 saturated carbocycles. The zero-order chi connectivity index (χ0) is 15.6. The van der Waals surface area contributed by atoms with Gasteiger partial charge in [-0.1, -0.05) is 18.0 Å². The monoisotopic (exact) mass is 310 g/mol. The second kappa shape index (κ2) is 6.24. The predicted octanol–water partition coefficient (Wildman–Crippen LogP) is 3.58. The summed E-state index contributed by atoms with van der Waals surface area (Å²) < 4.78 is 5.58. The molecule has 0 aliphatic heterocycles. The van der Waals surface area contributed by atoms with Gasteiger partial charge in [0.15, 0.2) is 0 Å². The standard InChI is InChI=1S/C16H23ClN2O2/c1-10(2)21-13-7-6-11(9-12(13)17)19-15(20)16(3)8-4-5-14(16)18/h6-7,9-10,14H,4-5,8,18H2,1-3H3,(H,19,20). The van der Waals surface area contributed by atoms with Crippen LogP contribution >= 0.6 is 11.6 Å². The molecule has 0 aromatic heterocycles. The van der Waals surface area contributed by atoms with Crippen molar-refractivity contribution in [2.45, 2.75) is 52.2 Å². The summed E-state index contributed by atoms with van der Waals surface area (Å²) >= 11 is 6.18. The van der Waals surface area contributed by atoms with Gasteiger partial charge in [0.05, 0.1) is 16.5 Å². The minimum Gasteiger partial charge on any atom is -0.489 e. The largest absolute Gasteiger partial charge is 0.489 e. The summed E-state index contributed by atoms with van der Waals surface area (Å²) in [5.41, 5.74) is 6.24. The molecule has 5 heteroatoms. The lowest BCUT2D eigenvalue weighted by molar-refractivity contribution is -0.125. The highest BCUT2D eigenvalue weighted by Gasteiger charge is 2.42. The van der Waals surface area contributed by atoms with Crippen molar-refractivity contribution in [2.75, 3.05) is 5.32 Å². The molecule has 2 atom stereocenters. The van der Waals surface area contributed by atoms with Crippen LogP contribution in [0.15, 0.2) is 18.2 Å². The van der Waals surface area contributed by atoms with E-state index in [1.807, 2.05) is 20.8 Å². The first kappa shape index (κ1) is 16.1. The maximum atomic E-state index is 12.5. The van der Waals surface area contributed by atoms with Crippen molar-refractivity contribution in [1.29, 1.82) is 0 Å². The van der Waals surface area contributed by atoms with Crippen LogP contribution in [0.1, 0.15) is 40.0 Å². The van der Waals surface area contributed by atoms with Gasteiger partial charge in [0.2, 0.25) is 5.91 Å². The Labute approximate surface area is 131 Å². The fourth-order valence-electron chi connectivity index (χ4n) is 2.68. The van der Waals surface area contributed by atoms with E-state index >= 15 is 0 Å². The van der Waals surface area contributed by atoms with E-state index < -0.39 is 5.41 Å². The first-order chi connectivity index (χ1) is 9.83. The molecule has 1 aliphatic carbocycles. The third-order valence-electron chi connectivity index (χ3n) is 4.10. The average molecular weight is 311 g/mol. The van der Waals surface area contributed by atoms with E-state index in [1.165, 1.54) is 0 Å². The molecule has 1 aromatic rings. The molecule has 1 amide bonds. The van der Waals surface area contributed by atoms with Crippen LogP contribution in [0.2, 0.25) is 5.02 Å². The molecule has 0 heterocycles. The summed E-state index contributed by atoms with van der Waals surface area (Å²) in [5, 5.41) is 3.41. The lowest BCUT2D eigenvalue weighted by Gasteiger charge is -2.27. The van der Waals surface area contributed by atoms with Gasteiger partial charge >= 0.3 is 0 Å². The maximum Gasteiger partial charge on any atom is 0.231 e. The molecule has 0 saturated heterocycles. The Morgan fingerprint density at radius 1 is 1.52 bits per heavy atom. The second-order valence-corrected chi connectivity index (χ2v) is 6.59. The highest BCUT2D eigenvalue weighted by atomic mass is 35.5. The van der Waals surface area contributed by atoms with Crippen molar-refractivity contribution in [3.63, 3.8) is 0 Å². The Kier molecular flexibility index (Phi) is 4.79. The smallest absolute Gasteiger partial charge is 0.231 e. The zero-order valence-corrected chi connectivity index (χ0v) is 13.5. The topological polar surface area (TPSA) is 64.3 Å². The number of rotatable bonds is 4. The summed E-state index contributed by atoms with van der Waals surface area (Å²) in [7, 11) is 0. The number of hydrogen-bond acceptors (Lipinski definition) is 3. The lowest BCUT2D eigenvalue weighted by Crippen LogP contribution is -2.44. The van der Waals surface area contributed by atoms with Crippen LogP contribution in [-0.4, -0.2) is 18.1 Å². The van der Waals surface area contributed by atoms with Crippen molar-refractivity contribution >= 4 is 23.2 Å². The van der Waals surface area contributed by atoms with E-state index in [0.29, 0.717) is 16.5 Å². The van der Waals surface area contributed by atoms with Gasteiger partial charge in [-0.25, -0.2) is 0 Å². The lowest BCUT2D eigenvalue weighted by atomic mass is 9.84. The molecule has 1 aromatic carbocycles. The number of amides is 1. The highest BCUT2D eigenvalue weighted by Crippen LogP contribution is 2.38. The Morgan fingerprint density at radius 2 is 2.24 bits per heavy atom. The van der Waals surface area contributed by atoms with Crippen molar-refractivity contribution < 1.29 is 9.53 Å². The number of carbonyl (C=O) groups excluding carboxylic acids is 1. The van der Waals surface area contributed by atoms with Gasteiger partial charge in [-0.2, -0.15) is 0 Å². The third-order valence-corrected chi connectivity index (χ3v) is 4.40.